The molecule has 0 aromatic heterocycles. The molecule has 0 amide bonds. The van der Waals surface area contributed by atoms with E-state index in [0.29, 0.717) is 0 Å². The van der Waals surface area contributed by atoms with Crippen LogP contribution in [0.25, 0.3) is 0 Å². The smallest absolute Gasteiger partial charge is 0.316 e. The van der Waals surface area contributed by atoms with Gasteiger partial charge in [0, 0.05) is 0 Å². The maximum Gasteiger partial charge on any atom is 0.316 e. The van der Waals surface area contributed by atoms with Crippen LogP contribution in [0.4, 0.5) is 0 Å². The van der Waals surface area contributed by atoms with Gasteiger partial charge in [0.2, 0.25) is 0 Å². The maximum absolute atomic E-state index is 5.80. The fourth-order valence-corrected chi connectivity index (χ4v) is 10.6. The minimum absolute atomic E-state index is 0.721. The number of unbranched alkanes of at least 4 members (excludes halogenated alkanes) is 1. The van der Waals surface area contributed by atoms with E-state index in [0.717, 1.165) is 6.04 Å². The highest BCUT2D eigenvalue weighted by molar-refractivity contribution is 6.74. The van der Waals surface area contributed by atoms with Crippen molar-refractivity contribution in [3.05, 3.63) is 0 Å². The normalized spacial score (nSPS) is 36.5. The Morgan fingerprint density at radius 1 is 1.08 bits per heavy atom. The molecular weight excluding hydrogens is 236 g/mol. The molecule has 0 bridgehead atoms. The van der Waals surface area contributed by atoms with E-state index >= 15 is 0 Å². The second kappa shape index (κ2) is 6.24. The average molecular weight is 255 g/mol. The number of hydrogen-bond acceptors (Lipinski definition) is 4. The van der Waals surface area contributed by atoms with Crippen molar-refractivity contribution in [1.82, 2.24) is 0 Å². The van der Waals surface area contributed by atoms with E-state index in [4.69, 9.17) is 16.5 Å². The van der Waals surface area contributed by atoms with Gasteiger partial charge in [-0.25, -0.2) is 0 Å². The number of rotatable bonds is 3. The Kier molecular flexibility index (Phi) is 5.65. The van der Waals surface area contributed by atoms with Crippen molar-refractivity contribution in [3.63, 3.8) is 0 Å². The van der Waals surface area contributed by atoms with Crippen LogP contribution in [0.15, 0.2) is 0 Å². The Morgan fingerprint density at radius 3 is 2.23 bits per heavy atom. The summed E-state index contributed by atoms with van der Waals surface area (Å²) in [7, 11) is -4.13. The molecule has 13 heavy (non-hydrogen) atoms. The van der Waals surface area contributed by atoms with Crippen molar-refractivity contribution in [2.75, 3.05) is 0 Å². The Hall–Kier alpha value is 0.708. The van der Waals surface area contributed by atoms with E-state index in [1.165, 1.54) is 12.8 Å². The lowest BCUT2D eigenvalue weighted by atomic mass is 10.4. The van der Waals surface area contributed by atoms with Crippen LogP contribution in [0, 0.1) is 0 Å². The molecule has 1 aliphatic rings. The summed E-state index contributed by atoms with van der Waals surface area (Å²) in [5.74, 6) is 0. The average Bonchev–Trinajstić information content (AvgIpc) is 2.09. The highest BCUT2D eigenvalue weighted by Crippen LogP contribution is 2.16. The lowest BCUT2D eigenvalue weighted by Gasteiger charge is -2.29. The molecule has 0 unspecified atom stereocenters. The van der Waals surface area contributed by atoms with Gasteiger partial charge in [0.25, 0.3) is 30.0 Å². The van der Waals surface area contributed by atoms with Crippen molar-refractivity contribution in [3.8, 4) is 0 Å². The van der Waals surface area contributed by atoms with Gasteiger partial charge in [-0.2, -0.15) is 0 Å². The van der Waals surface area contributed by atoms with Gasteiger partial charge in [-0.15, -0.1) is 0 Å². The van der Waals surface area contributed by atoms with Gasteiger partial charge in [0.05, 0.1) is 0 Å². The molecule has 1 rings (SSSR count). The molecule has 8 heteroatoms. The lowest BCUT2D eigenvalue weighted by molar-refractivity contribution is 0.308. The highest BCUT2D eigenvalue weighted by Gasteiger charge is 2.31. The number of hydrogen-bond donors (Lipinski definition) is 0. The van der Waals surface area contributed by atoms with Gasteiger partial charge in [-0.05, 0) is 12.6 Å². The summed E-state index contributed by atoms with van der Waals surface area (Å²) in [5.41, 5.74) is 0. The zero-order chi connectivity index (χ0) is 9.57. The fraction of sp³-hybridized carbons (Fsp3) is 1.00. The molecule has 1 saturated heterocycles. The zero-order valence-electron chi connectivity index (χ0n) is 8.38. The summed E-state index contributed by atoms with van der Waals surface area (Å²) in [6, 6.07) is 1.10. The highest BCUT2D eigenvalue weighted by atomic mass is 28.5. The molecule has 0 radical (unpaired) electrons. The molecule has 78 valence electrons. The van der Waals surface area contributed by atoms with Crippen LogP contribution >= 0.6 is 0 Å². The van der Waals surface area contributed by atoms with Gasteiger partial charge in [-0.3, -0.25) is 0 Å². The van der Waals surface area contributed by atoms with Crippen molar-refractivity contribution >= 4 is 38.6 Å². The third kappa shape index (κ3) is 4.65. The predicted octanol–water partition coefficient (Wildman–Crippen LogP) is -1.07. The molecule has 4 nitrogen and oxygen atoms in total. The third-order valence-corrected chi connectivity index (χ3v) is 11.8. The quantitative estimate of drug-likeness (QED) is 0.602. The van der Waals surface area contributed by atoms with Crippen molar-refractivity contribution in [1.29, 1.82) is 0 Å². The Morgan fingerprint density at radius 2 is 1.69 bits per heavy atom. The standard InChI is InChI=1S/C5H18O4Si4/c1-3-4-5-13(2)8-11-6-10-7-12-9-13/h3-5,10-12H2,1-2H3. The molecule has 0 spiro atoms. The van der Waals surface area contributed by atoms with Crippen molar-refractivity contribution in [2.45, 2.75) is 32.4 Å². The first-order valence-corrected chi connectivity index (χ1v) is 10.7. The SMILES string of the molecule is CCCC[Si]1(C)O[SiH2]O[SiH2]O[SiH2]O1. The molecule has 0 aromatic carbocycles. The monoisotopic (exact) mass is 254 g/mol. The summed E-state index contributed by atoms with van der Waals surface area (Å²) in [5, 5.41) is 0. The maximum atomic E-state index is 5.80. The molecule has 1 fully saturated rings. The van der Waals surface area contributed by atoms with Gasteiger partial charge in [-0.1, -0.05) is 19.8 Å². The summed E-state index contributed by atoms with van der Waals surface area (Å²) in [6.45, 7) is 4.33. The largest absolute Gasteiger partial charge is 0.425 e. The van der Waals surface area contributed by atoms with Gasteiger partial charge in [0.15, 0.2) is 0 Å². The molecule has 1 aliphatic heterocycles. The van der Waals surface area contributed by atoms with Crippen LogP contribution in [0.3, 0.4) is 0 Å². The Labute approximate surface area is 87.7 Å². The zero-order valence-corrected chi connectivity index (χ0v) is 13.6. The second-order valence-electron chi connectivity index (χ2n) is 3.29. The van der Waals surface area contributed by atoms with Crippen LogP contribution in [0.1, 0.15) is 19.8 Å². The minimum Gasteiger partial charge on any atom is -0.425 e. The second-order valence-corrected chi connectivity index (χ2v) is 12.3. The van der Waals surface area contributed by atoms with Crippen LogP contribution in [-0.2, 0) is 16.5 Å². The van der Waals surface area contributed by atoms with Crippen LogP contribution < -0.4 is 0 Å². The van der Waals surface area contributed by atoms with Crippen LogP contribution in [0.5, 0.6) is 0 Å². The van der Waals surface area contributed by atoms with E-state index in [1.807, 2.05) is 0 Å². The molecule has 1 heterocycles. The van der Waals surface area contributed by atoms with E-state index in [2.05, 4.69) is 13.5 Å². The van der Waals surface area contributed by atoms with Crippen LogP contribution in [-0.4, -0.2) is 38.6 Å². The van der Waals surface area contributed by atoms with Gasteiger partial charge in [0.1, 0.15) is 0 Å². The van der Waals surface area contributed by atoms with Gasteiger partial charge < -0.3 is 16.5 Å². The first kappa shape index (κ1) is 11.8. The van der Waals surface area contributed by atoms with E-state index < -0.39 is 38.6 Å². The van der Waals surface area contributed by atoms with Crippen molar-refractivity contribution < 1.29 is 16.5 Å². The van der Waals surface area contributed by atoms with Crippen LogP contribution in [0.2, 0.25) is 12.6 Å². The first-order chi connectivity index (χ1) is 6.27. The molecule has 0 aromatic rings. The summed E-state index contributed by atoms with van der Waals surface area (Å²) >= 11 is 0. The van der Waals surface area contributed by atoms with Gasteiger partial charge >= 0.3 is 8.56 Å². The van der Waals surface area contributed by atoms with E-state index in [9.17, 15) is 0 Å². The topological polar surface area (TPSA) is 36.9 Å². The van der Waals surface area contributed by atoms with E-state index in [-0.39, 0.29) is 0 Å². The Balaban J connectivity index is 2.32. The summed E-state index contributed by atoms with van der Waals surface area (Å²) in [4.78, 5) is 0. The fourth-order valence-electron chi connectivity index (χ4n) is 1.14. The minimum atomic E-state index is -1.84. The summed E-state index contributed by atoms with van der Waals surface area (Å²) in [6.07, 6.45) is 2.40. The lowest BCUT2D eigenvalue weighted by Crippen LogP contribution is -2.44. The molecule has 0 atom stereocenters. The predicted molar refractivity (Wildman–Crippen MR) is 61.3 cm³/mol. The molecular formula is C5H18O4Si4. The molecule has 0 saturated carbocycles. The van der Waals surface area contributed by atoms with Crippen molar-refractivity contribution in [2.24, 2.45) is 0 Å². The molecule has 0 N–H and O–H groups in total. The Bertz CT molecular complexity index is 133. The van der Waals surface area contributed by atoms with E-state index in [1.54, 1.807) is 0 Å². The molecule has 0 aliphatic carbocycles. The summed E-state index contributed by atoms with van der Waals surface area (Å²) < 4.78 is 22.3. The first-order valence-electron chi connectivity index (χ1n) is 4.70. The third-order valence-electron chi connectivity index (χ3n) is 2.05.